The lowest BCUT2D eigenvalue weighted by Crippen LogP contribution is -2.32. The Labute approximate surface area is 159 Å². The molecule has 1 N–H and O–H groups in total. The first-order valence-corrected chi connectivity index (χ1v) is 10.6. The molecular weight excluding hydrogens is 365 g/mol. The summed E-state index contributed by atoms with van der Waals surface area (Å²) in [4.78, 5) is -0.0188. The summed E-state index contributed by atoms with van der Waals surface area (Å²) in [5.41, 5.74) is 0.650. The van der Waals surface area contributed by atoms with Crippen LogP contribution < -0.4 is 0 Å². The van der Waals surface area contributed by atoms with E-state index in [2.05, 4.69) is 0 Å². The molecule has 3 rings (SSSR count). The molecule has 0 unspecified atom stereocenters. The summed E-state index contributed by atoms with van der Waals surface area (Å²) in [6.07, 6.45) is 2.47. The van der Waals surface area contributed by atoms with Crippen LogP contribution in [0.1, 0.15) is 38.2 Å². The van der Waals surface area contributed by atoms with Gasteiger partial charge in [0.1, 0.15) is 5.82 Å². The van der Waals surface area contributed by atoms with Crippen molar-refractivity contribution < 1.29 is 17.9 Å². The number of benzene rings is 2. The molecular formula is C21H22FNO3S. The third-order valence-corrected chi connectivity index (χ3v) is 7.14. The van der Waals surface area contributed by atoms with Gasteiger partial charge in [0.2, 0.25) is 0 Å². The van der Waals surface area contributed by atoms with Gasteiger partial charge in [-0.2, -0.15) is 5.26 Å². The smallest absolute Gasteiger partial charge is 0.178 e. The highest BCUT2D eigenvalue weighted by molar-refractivity contribution is 7.91. The second kappa shape index (κ2) is 7.41. The van der Waals surface area contributed by atoms with Crippen molar-refractivity contribution in [1.29, 1.82) is 5.26 Å². The summed E-state index contributed by atoms with van der Waals surface area (Å²) in [7, 11) is -3.59. The molecule has 1 fully saturated rings. The molecule has 0 aliphatic heterocycles. The predicted molar refractivity (Wildman–Crippen MR) is 101 cm³/mol. The quantitative estimate of drug-likeness (QED) is 0.857. The maximum Gasteiger partial charge on any atom is 0.178 e. The zero-order chi connectivity index (χ0) is 19.7. The maximum absolute atomic E-state index is 14.6. The van der Waals surface area contributed by atoms with Crippen LogP contribution in [-0.2, 0) is 9.84 Å². The molecule has 0 amide bonds. The first-order valence-electron chi connectivity index (χ1n) is 8.95. The lowest BCUT2D eigenvalue weighted by Gasteiger charge is -2.32. The Balaban J connectivity index is 1.78. The number of rotatable bonds is 4. The summed E-state index contributed by atoms with van der Waals surface area (Å²) in [6, 6.07) is 12.4. The van der Waals surface area contributed by atoms with Gasteiger partial charge in [0.05, 0.1) is 27.9 Å². The van der Waals surface area contributed by atoms with Crippen LogP contribution in [0.15, 0.2) is 47.4 Å². The molecule has 27 heavy (non-hydrogen) atoms. The first-order chi connectivity index (χ1) is 12.7. The van der Waals surface area contributed by atoms with Crippen molar-refractivity contribution in [2.24, 2.45) is 5.92 Å². The lowest BCUT2D eigenvalue weighted by molar-refractivity contribution is 0.0108. The van der Waals surface area contributed by atoms with E-state index in [0.29, 0.717) is 42.4 Å². The van der Waals surface area contributed by atoms with Crippen molar-refractivity contribution >= 4 is 9.84 Å². The largest absolute Gasteiger partial charge is 0.390 e. The molecule has 0 radical (unpaired) electrons. The van der Waals surface area contributed by atoms with Crippen LogP contribution in [0.2, 0.25) is 0 Å². The average Bonchev–Trinajstić information content (AvgIpc) is 2.63. The van der Waals surface area contributed by atoms with Gasteiger partial charge in [-0.05, 0) is 68.4 Å². The van der Waals surface area contributed by atoms with E-state index in [0.717, 1.165) is 6.07 Å². The molecule has 6 heteroatoms. The molecule has 2 aromatic rings. The Morgan fingerprint density at radius 1 is 1.19 bits per heavy atom. The van der Waals surface area contributed by atoms with Crippen LogP contribution in [-0.4, -0.2) is 24.9 Å². The van der Waals surface area contributed by atoms with Crippen LogP contribution >= 0.6 is 0 Å². The van der Waals surface area contributed by atoms with E-state index in [9.17, 15) is 17.9 Å². The fourth-order valence-corrected chi connectivity index (χ4v) is 5.23. The van der Waals surface area contributed by atoms with Crippen molar-refractivity contribution in [1.82, 2.24) is 0 Å². The zero-order valence-electron chi connectivity index (χ0n) is 15.2. The minimum atomic E-state index is -3.59. The second-order valence-corrected chi connectivity index (χ2v) is 9.59. The standard InChI is InChI=1S/C21H22FNO3S/c1-21(24)10-8-16(9-11-21)14-27(25,26)18-6-7-19(20(22)12-18)17-4-2-15(13-23)3-5-17/h2-7,12,16,24H,8-11,14H2,1H3/t16-,21-. The highest BCUT2D eigenvalue weighted by Crippen LogP contribution is 2.34. The van der Waals surface area contributed by atoms with E-state index in [1.807, 2.05) is 6.07 Å². The zero-order valence-corrected chi connectivity index (χ0v) is 16.0. The second-order valence-electron chi connectivity index (χ2n) is 7.55. The number of nitriles is 1. The van der Waals surface area contributed by atoms with Crippen molar-refractivity contribution in [2.75, 3.05) is 5.75 Å². The van der Waals surface area contributed by atoms with Gasteiger partial charge in [-0.1, -0.05) is 18.2 Å². The molecule has 1 aliphatic rings. The third-order valence-electron chi connectivity index (χ3n) is 5.26. The fourth-order valence-electron chi connectivity index (χ4n) is 3.52. The number of halogens is 1. The molecule has 1 saturated carbocycles. The summed E-state index contributed by atoms with van der Waals surface area (Å²) >= 11 is 0. The molecule has 0 saturated heterocycles. The van der Waals surface area contributed by atoms with E-state index >= 15 is 0 Å². The molecule has 0 spiro atoms. The Morgan fingerprint density at radius 3 is 2.37 bits per heavy atom. The van der Waals surface area contributed by atoms with Gasteiger partial charge < -0.3 is 5.11 Å². The lowest BCUT2D eigenvalue weighted by atomic mass is 9.81. The summed E-state index contributed by atoms with van der Waals surface area (Å²) in [5, 5.41) is 18.8. The Hall–Kier alpha value is -2.23. The molecule has 2 aromatic carbocycles. The molecule has 4 nitrogen and oxygen atoms in total. The molecule has 1 aliphatic carbocycles. The van der Waals surface area contributed by atoms with E-state index in [4.69, 9.17) is 5.26 Å². The summed E-state index contributed by atoms with van der Waals surface area (Å²) in [6.45, 7) is 1.77. The highest BCUT2D eigenvalue weighted by Gasteiger charge is 2.31. The van der Waals surface area contributed by atoms with E-state index in [-0.39, 0.29) is 16.6 Å². The van der Waals surface area contributed by atoms with Crippen LogP contribution in [0.4, 0.5) is 4.39 Å². The van der Waals surface area contributed by atoms with E-state index < -0.39 is 21.3 Å². The van der Waals surface area contributed by atoms with Crippen LogP contribution in [0.3, 0.4) is 0 Å². The summed E-state index contributed by atoms with van der Waals surface area (Å²) < 4.78 is 39.9. The minimum Gasteiger partial charge on any atom is -0.390 e. The fraction of sp³-hybridized carbons (Fsp3) is 0.381. The molecule has 142 valence electrons. The first kappa shape index (κ1) is 19.5. The van der Waals surface area contributed by atoms with Gasteiger partial charge in [-0.25, -0.2) is 12.8 Å². The van der Waals surface area contributed by atoms with Crippen LogP contribution in [0.25, 0.3) is 11.1 Å². The van der Waals surface area contributed by atoms with Gasteiger partial charge in [0.15, 0.2) is 9.84 Å². The third kappa shape index (κ3) is 4.55. The van der Waals surface area contributed by atoms with Crippen molar-refractivity contribution in [3.63, 3.8) is 0 Å². The Bertz CT molecular complexity index is 965. The SMILES string of the molecule is C[C@]1(O)CC[C@H](CS(=O)(=O)c2ccc(-c3ccc(C#N)cc3)c(F)c2)CC1. The maximum atomic E-state index is 14.6. The average molecular weight is 387 g/mol. The number of hydrogen-bond donors (Lipinski definition) is 1. The Kier molecular flexibility index (Phi) is 5.36. The topological polar surface area (TPSA) is 78.2 Å². The van der Waals surface area contributed by atoms with E-state index in [1.165, 1.54) is 12.1 Å². The minimum absolute atomic E-state index is 0.0171. The molecule has 0 atom stereocenters. The van der Waals surface area contributed by atoms with Crippen LogP contribution in [0, 0.1) is 23.1 Å². The van der Waals surface area contributed by atoms with Crippen molar-refractivity contribution in [2.45, 2.75) is 43.1 Å². The van der Waals surface area contributed by atoms with Gasteiger partial charge in [0.25, 0.3) is 0 Å². The van der Waals surface area contributed by atoms with E-state index in [1.54, 1.807) is 31.2 Å². The molecule has 0 aromatic heterocycles. The normalized spacial score (nSPS) is 23.0. The number of sulfone groups is 1. The highest BCUT2D eigenvalue weighted by atomic mass is 32.2. The van der Waals surface area contributed by atoms with Gasteiger partial charge in [-0.3, -0.25) is 0 Å². The Morgan fingerprint density at radius 2 is 1.81 bits per heavy atom. The molecule has 0 bridgehead atoms. The predicted octanol–water partition coefficient (Wildman–Crippen LogP) is 4.08. The van der Waals surface area contributed by atoms with Crippen LogP contribution in [0.5, 0.6) is 0 Å². The van der Waals surface area contributed by atoms with Gasteiger partial charge in [-0.15, -0.1) is 0 Å². The molecule has 0 heterocycles. The number of hydrogen-bond acceptors (Lipinski definition) is 4. The van der Waals surface area contributed by atoms with Crippen molar-refractivity contribution in [3.05, 3.63) is 53.8 Å². The van der Waals surface area contributed by atoms with Gasteiger partial charge >= 0.3 is 0 Å². The monoisotopic (exact) mass is 387 g/mol. The number of nitrogens with zero attached hydrogens (tertiary/aromatic N) is 1. The van der Waals surface area contributed by atoms with Crippen molar-refractivity contribution in [3.8, 4) is 17.2 Å². The number of aliphatic hydroxyl groups is 1. The van der Waals surface area contributed by atoms with Gasteiger partial charge in [0, 0.05) is 5.56 Å². The summed E-state index contributed by atoms with van der Waals surface area (Å²) in [5.74, 6) is -0.650.